The first-order valence-corrected chi connectivity index (χ1v) is 6.07. The zero-order valence-corrected chi connectivity index (χ0v) is 10.7. The molecule has 1 unspecified atom stereocenters. The maximum Gasteiger partial charge on any atom is 0.573 e. The topological polar surface area (TPSA) is 29.5 Å². The van der Waals surface area contributed by atoms with E-state index in [0.717, 1.165) is 0 Å². The molecule has 0 aliphatic carbocycles. The molecule has 1 aromatic carbocycles. The van der Waals surface area contributed by atoms with Gasteiger partial charge < -0.3 is 9.64 Å². The second-order valence-corrected chi connectivity index (χ2v) is 5.12. The molecule has 1 aliphatic rings. The fourth-order valence-corrected chi connectivity index (χ4v) is 2.35. The first-order valence-electron chi connectivity index (χ1n) is 5.16. The molecule has 0 spiro atoms. The lowest BCUT2D eigenvalue weighted by atomic mass is 10.2. The number of para-hydroxylation sites is 2. The molecular formula is C11H9BrF3NO2. The van der Waals surface area contributed by atoms with Gasteiger partial charge in [-0.05, 0) is 12.1 Å². The molecule has 1 fully saturated rings. The molecule has 1 amide bonds. The first-order chi connectivity index (χ1) is 8.37. The van der Waals surface area contributed by atoms with Gasteiger partial charge in [0.25, 0.3) is 0 Å². The largest absolute Gasteiger partial charge is 0.573 e. The van der Waals surface area contributed by atoms with Crippen molar-refractivity contribution in [3.05, 3.63) is 24.3 Å². The van der Waals surface area contributed by atoms with E-state index in [4.69, 9.17) is 0 Å². The van der Waals surface area contributed by atoms with Crippen LogP contribution in [0.3, 0.4) is 0 Å². The van der Waals surface area contributed by atoms with Crippen LogP contribution in [0.4, 0.5) is 18.9 Å². The van der Waals surface area contributed by atoms with E-state index in [2.05, 4.69) is 20.7 Å². The summed E-state index contributed by atoms with van der Waals surface area (Å²) in [5.74, 6) is -0.588. The Hall–Kier alpha value is -1.24. The van der Waals surface area contributed by atoms with Gasteiger partial charge in [-0.25, -0.2) is 0 Å². The molecule has 1 atom stereocenters. The third-order valence-electron chi connectivity index (χ3n) is 2.46. The maximum absolute atomic E-state index is 12.2. The van der Waals surface area contributed by atoms with Gasteiger partial charge in [0.2, 0.25) is 5.91 Å². The van der Waals surface area contributed by atoms with Gasteiger partial charge in [0, 0.05) is 17.8 Å². The molecule has 1 saturated heterocycles. The average molecular weight is 324 g/mol. The molecule has 0 bridgehead atoms. The Morgan fingerprint density at radius 3 is 2.56 bits per heavy atom. The normalized spacial score (nSPS) is 20.3. The van der Waals surface area contributed by atoms with E-state index < -0.39 is 6.36 Å². The smallest absolute Gasteiger partial charge is 0.404 e. The quantitative estimate of drug-likeness (QED) is 0.783. The maximum atomic E-state index is 12.2. The number of ether oxygens (including phenoxy) is 1. The number of anilines is 1. The summed E-state index contributed by atoms with van der Waals surface area (Å²) in [5.41, 5.74) is 0.141. The zero-order chi connectivity index (χ0) is 13.3. The molecule has 1 heterocycles. The van der Waals surface area contributed by atoms with Gasteiger partial charge in [-0.1, -0.05) is 28.1 Å². The van der Waals surface area contributed by atoms with E-state index in [0.29, 0.717) is 6.54 Å². The number of halogens is 4. The lowest BCUT2D eigenvalue weighted by molar-refractivity contribution is -0.274. The van der Waals surface area contributed by atoms with E-state index >= 15 is 0 Å². The van der Waals surface area contributed by atoms with Gasteiger partial charge >= 0.3 is 6.36 Å². The first kappa shape index (κ1) is 13.2. The van der Waals surface area contributed by atoms with Crippen molar-refractivity contribution < 1.29 is 22.7 Å². The van der Waals surface area contributed by atoms with Gasteiger partial charge in [0.1, 0.15) is 0 Å². The van der Waals surface area contributed by atoms with Crippen molar-refractivity contribution in [1.82, 2.24) is 0 Å². The highest BCUT2D eigenvalue weighted by atomic mass is 79.9. The number of rotatable bonds is 2. The third kappa shape index (κ3) is 2.95. The molecule has 3 nitrogen and oxygen atoms in total. The van der Waals surface area contributed by atoms with Crippen LogP contribution in [0.2, 0.25) is 0 Å². The van der Waals surface area contributed by atoms with Crippen LogP contribution in [0.1, 0.15) is 6.42 Å². The molecule has 98 valence electrons. The Labute approximate surface area is 110 Å². The molecule has 2 rings (SSSR count). The van der Waals surface area contributed by atoms with Crippen LogP contribution in [0.15, 0.2) is 24.3 Å². The van der Waals surface area contributed by atoms with Crippen LogP contribution in [-0.2, 0) is 4.79 Å². The SMILES string of the molecule is O=C1CC(Br)CN1c1ccccc1OC(F)(F)F. The summed E-state index contributed by atoms with van der Waals surface area (Å²) in [6.45, 7) is 0.330. The summed E-state index contributed by atoms with van der Waals surface area (Å²) in [4.78, 5) is 12.9. The lowest BCUT2D eigenvalue weighted by Gasteiger charge is -2.20. The van der Waals surface area contributed by atoms with Crippen LogP contribution in [0, 0.1) is 0 Å². The fraction of sp³-hybridized carbons (Fsp3) is 0.364. The van der Waals surface area contributed by atoms with E-state index in [9.17, 15) is 18.0 Å². The minimum atomic E-state index is -4.77. The summed E-state index contributed by atoms with van der Waals surface area (Å²) in [6, 6.07) is 5.62. The summed E-state index contributed by atoms with van der Waals surface area (Å²) in [6.07, 6.45) is -4.51. The predicted molar refractivity (Wildman–Crippen MR) is 62.8 cm³/mol. The van der Waals surface area contributed by atoms with E-state index in [1.807, 2.05) is 0 Å². The summed E-state index contributed by atoms with van der Waals surface area (Å²) in [7, 11) is 0. The summed E-state index contributed by atoms with van der Waals surface area (Å²) < 4.78 is 40.7. The predicted octanol–water partition coefficient (Wildman–Crippen LogP) is 3.09. The number of hydrogen-bond acceptors (Lipinski definition) is 2. The summed E-state index contributed by atoms with van der Waals surface area (Å²) >= 11 is 3.28. The van der Waals surface area contributed by atoms with Crippen molar-refractivity contribution >= 4 is 27.5 Å². The van der Waals surface area contributed by atoms with Gasteiger partial charge in [-0.15, -0.1) is 13.2 Å². The number of alkyl halides is 4. The number of carbonyl (C=O) groups excluding carboxylic acids is 1. The Bertz CT molecular complexity index is 464. The van der Waals surface area contributed by atoms with Crippen LogP contribution in [-0.4, -0.2) is 23.6 Å². The van der Waals surface area contributed by atoms with Gasteiger partial charge in [-0.3, -0.25) is 4.79 Å². The highest BCUT2D eigenvalue weighted by molar-refractivity contribution is 9.09. The van der Waals surface area contributed by atoms with Gasteiger partial charge in [-0.2, -0.15) is 0 Å². The second-order valence-electron chi connectivity index (χ2n) is 3.82. The molecule has 0 saturated carbocycles. The molecule has 1 aliphatic heterocycles. The molecule has 7 heteroatoms. The van der Waals surface area contributed by atoms with E-state index in [1.165, 1.54) is 23.1 Å². The Morgan fingerprint density at radius 1 is 1.33 bits per heavy atom. The van der Waals surface area contributed by atoms with Crippen molar-refractivity contribution in [3.8, 4) is 5.75 Å². The molecular weight excluding hydrogens is 315 g/mol. The van der Waals surface area contributed by atoms with E-state index in [-0.39, 0.29) is 28.6 Å². The van der Waals surface area contributed by atoms with Crippen LogP contribution >= 0.6 is 15.9 Å². The van der Waals surface area contributed by atoms with Crippen LogP contribution < -0.4 is 9.64 Å². The zero-order valence-electron chi connectivity index (χ0n) is 9.08. The van der Waals surface area contributed by atoms with Crippen molar-refractivity contribution in [3.63, 3.8) is 0 Å². The lowest BCUT2D eigenvalue weighted by Crippen LogP contribution is -2.26. The van der Waals surface area contributed by atoms with Crippen molar-refractivity contribution in [1.29, 1.82) is 0 Å². The molecule has 0 aromatic heterocycles. The number of hydrogen-bond donors (Lipinski definition) is 0. The number of carbonyl (C=O) groups is 1. The molecule has 1 aromatic rings. The Balaban J connectivity index is 2.30. The Morgan fingerprint density at radius 2 is 2.00 bits per heavy atom. The second kappa shape index (κ2) is 4.79. The van der Waals surface area contributed by atoms with Crippen molar-refractivity contribution in [2.45, 2.75) is 17.6 Å². The highest BCUT2D eigenvalue weighted by Crippen LogP contribution is 2.35. The minimum Gasteiger partial charge on any atom is -0.404 e. The summed E-state index contributed by atoms with van der Waals surface area (Å²) in [5, 5.41) is 0. The van der Waals surface area contributed by atoms with Crippen molar-refractivity contribution in [2.24, 2.45) is 0 Å². The highest BCUT2D eigenvalue weighted by Gasteiger charge is 2.35. The van der Waals surface area contributed by atoms with Crippen molar-refractivity contribution in [2.75, 3.05) is 11.4 Å². The standard InChI is InChI=1S/C11H9BrF3NO2/c12-7-5-10(17)16(6-7)8-3-1-2-4-9(8)18-11(13,14)15/h1-4,7H,5-6H2. The molecule has 0 radical (unpaired) electrons. The van der Waals surface area contributed by atoms with Crippen LogP contribution in [0.5, 0.6) is 5.75 Å². The van der Waals surface area contributed by atoms with Gasteiger partial charge in [0.15, 0.2) is 5.75 Å². The van der Waals surface area contributed by atoms with E-state index in [1.54, 1.807) is 6.07 Å². The molecule has 0 N–H and O–H groups in total. The number of benzene rings is 1. The number of nitrogens with zero attached hydrogens (tertiary/aromatic N) is 1. The molecule has 18 heavy (non-hydrogen) atoms. The van der Waals surface area contributed by atoms with Crippen LogP contribution in [0.25, 0.3) is 0 Å². The van der Waals surface area contributed by atoms with Gasteiger partial charge in [0.05, 0.1) is 5.69 Å². The average Bonchev–Trinajstić information content (AvgIpc) is 2.56. The third-order valence-corrected chi connectivity index (χ3v) is 3.07. The minimum absolute atomic E-state index is 0.0519. The Kier molecular flexibility index (Phi) is 3.52. The monoisotopic (exact) mass is 323 g/mol. The number of amides is 1. The fourth-order valence-electron chi connectivity index (χ4n) is 1.79.